The number of aliphatic carboxylic acids is 1. The van der Waals surface area contributed by atoms with E-state index in [9.17, 15) is 14.7 Å². The van der Waals surface area contributed by atoms with Crippen LogP contribution in [0.4, 0.5) is 5.82 Å². The zero-order chi connectivity index (χ0) is 16.8. The molecule has 0 spiro atoms. The highest BCUT2D eigenvalue weighted by molar-refractivity contribution is 7.80. The first-order chi connectivity index (χ1) is 11.0. The van der Waals surface area contributed by atoms with Gasteiger partial charge in [0.05, 0.1) is 11.4 Å². The molecule has 7 heteroatoms. The average Bonchev–Trinajstić information content (AvgIpc) is 3.07. The molecule has 0 saturated heterocycles. The molecule has 1 heterocycles. The molecule has 1 aromatic heterocycles. The quantitative estimate of drug-likeness (QED) is 0.753. The summed E-state index contributed by atoms with van der Waals surface area (Å²) in [5.41, 5.74) is 2.60. The minimum Gasteiger partial charge on any atom is -0.480 e. The van der Waals surface area contributed by atoms with Crippen molar-refractivity contribution in [1.29, 1.82) is 0 Å². The maximum absolute atomic E-state index is 12.9. The van der Waals surface area contributed by atoms with Gasteiger partial charge in [0.25, 0.3) is 0 Å². The Morgan fingerprint density at radius 2 is 2.04 bits per heavy atom. The Hall–Kier alpha value is -1.86. The summed E-state index contributed by atoms with van der Waals surface area (Å²) in [5.74, 6) is -1.05. The van der Waals surface area contributed by atoms with Crippen LogP contribution in [0.2, 0.25) is 0 Å². The highest BCUT2D eigenvalue weighted by atomic mass is 32.1. The zero-order valence-corrected chi connectivity index (χ0v) is 14.3. The van der Waals surface area contributed by atoms with Crippen LogP contribution in [0, 0.1) is 5.92 Å². The Morgan fingerprint density at radius 3 is 2.57 bits per heavy atom. The molecular weight excluding hydrogens is 332 g/mol. The number of hydrogen-bond acceptors (Lipinski definition) is 5. The van der Waals surface area contributed by atoms with Crippen molar-refractivity contribution < 1.29 is 14.7 Å². The van der Waals surface area contributed by atoms with Crippen LogP contribution in [0.3, 0.4) is 0 Å². The first-order valence-electron chi connectivity index (χ1n) is 7.13. The fraction of sp³-hybridized carbons (Fsp3) is 0.312. The van der Waals surface area contributed by atoms with Gasteiger partial charge in [-0.3, -0.25) is 9.69 Å². The molecule has 1 amide bonds. The molecule has 1 N–H and O–H groups in total. The molecule has 0 saturated carbocycles. The standard InChI is InChI=1S/C16H18N2O3S2/c1-11(16(20)21)18(14-9-23-10-17-14)15(19)13(8-22)7-12-5-3-2-4-6-12/h2-6,9-11,13,22H,7-8H2,1H3,(H,20,21). The number of hydrogen-bond donors (Lipinski definition) is 2. The van der Waals surface area contributed by atoms with E-state index in [1.54, 1.807) is 10.9 Å². The van der Waals surface area contributed by atoms with Crippen molar-refractivity contribution in [2.75, 3.05) is 10.7 Å². The largest absolute Gasteiger partial charge is 0.480 e. The van der Waals surface area contributed by atoms with Crippen molar-refractivity contribution >= 4 is 41.7 Å². The number of carbonyl (C=O) groups is 2. The Bertz CT molecular complexity index is 647. The summed E-state index contributed by atoms with van der Waals surface area (Å²) in [6, 6.07) is 8.63. The Kier molecular flexibility index (Phi) is 6.18. The van der Waals surface area contributed by atoms with Crippen molar-refractivity contribution in [1.82, 2.24) is 4.98 Å². The molecule has 2 rings (SSSR count). The molecule has 2 atom stereocenters. The molecule has 0 fully saturated rings. The van der Waals surface area contributed by atoms with Gasteiger partial charge in [-0.2, -0.15) is 12.6 Å². The van der Waals surface area contributed by atoms with Gasteiger partial charge in [0, 0.05) is 11.1 Å². The minimum absolute atomic E-state index is 0.273. The highest BCUT2D eigenvalue weighted by Crippen LogP contribution is 2.22. The van der Waals surface area contributed by atoms with Crippen LogP contribution < -0.4 is 4.90 Å². The number of amides is 1. The van der Waals surface area contributed by atoms with Crippen molar-refractivity contribution in [3.63, 3.8) is 0 Å². The van der Waals surface area contributed by atoms with E-state index in [-0.39, 0.29) is 5.91 Å². The van der Waals surface area contributed by atoms with Crippen molar-refractivity contribution in [3.8, 4) is 0 Å². The third-order valence-corrected chi connectivity index (χ3v) is 4.56. The lowest BCUT2D eigenvalue weighted by molar-refractivity contribution is -0.140. The fourth-order valence-corrected chi connectivity index (χ4v) is 3.07. The van der Waals surface area contributed by atoms with Gasteiger partial charge in [0.2, 0.25) is 5.91 Å². The monoisotopic (exact) mass is 350 g/mol. The van der Waals surface area contributed by atoms with Crippen LogP contribution in [0.5, 0.6) is 0 Å². The second kappa shape index (κ2) is 8.12. The number of rotatable bonds is 7. The van der Waals surface area contributed by atoms with E-state index in [1.165, 1.54) is 23.2 Å². The smallest absolute Gasteiger partial charge is 0.326 e. The van der Waals surface area contributed by atoms with Crippen LogP contribution in [-0.2, 0) is 16.0 Å². The summed E-state index contributed by atoms with van der Waals surface area (Å²) in [6.07, 6.45) is 0.510. The van der Waals surface area contributed by atoms with Gasteiger partial charge in [0.15, 0.2) is 0 Å². The van der Waals surface area contributed by atoms with E-state index in [1.807, 2.05) is 30.3 Å². The second-order valence-electron chi connectivity index (χ2n) is 5.14. The zero-order valence-electron chi connectivity index (χ0n) is 12.6. The normalized spacial score (nSPS) is 13.3. The van der Waals surface area contributed by atoms with E-state index >= 15 is 0 Å². The number of thiazole rings is 1. The SMILES string of the molecule is CC(C(=O)O)N(C(=O)C(CS)Cc1ccccc1)c1cscn1. The molecule has 0 aliphatic heterocycles. The van der Waals surface area contributed by atoms with Gasteiger partial charge >= 0.3 is 5.97 Å². The maximum atomic E-state index is 12.9. The van der Waals surface area contributed by atoms with Crippen LogP contribution in [-0.4, -0.2) is 33.8 Å². The molecular formula is C16H18N2O3S2. The number of thiol groups is 1. The molecule has 0 aliphatic carbocycles. The van der Waals surface area contributed by atoms with Gasteiger partial charge in [-0.1, -0.05) is 30.3 Å². The number of benzene rings is 1. The third-order valence-electron chi connectivity index (χ3n) is 3.54. The predicted molar refractivity (Wildman–Crippen MR) is 94.2 cm³/mol. The lowest BCUT2D eigenvalue weighted by Gasteiger charge is -2.28. The van der Waals surface area contributed by atoms with E-state index in [0.29, 0.717) is 18.0 Å². The van der Waals surface area contributed by atoms with Crippen LogP contribution in [0.25, 0.3) is 0 Å². The number of nitrogens with zero attached hydrogens (tertiary/aromatic N) is 2. The molecule has 0 radical (unpaired) electrons. The van der Waals surface area contributed by atoms with Crippen molar-refractivity contribution in [2.45, 2.75) is 19.4 Å². The number of aromatic nitrogens is 1. The Labute approximate surface area is 144 Å². The van der Waals surface area contributed by atoms with Crippen molar-refractivity contribution in [3.05, 3.63) is 46.8 Å². The molecule has 2 aromatic rings. The fourth-order valence-electron chi connectivity index (χ4n) is 2.26. The number of carboxylic acids is 1. The van der Waals surface area contributed by atoms with E-state index in [2.05, 4.69) is 17.6 Å². The van der Waals surface area contributed by atoms with Gasteiger partial charge < -0.3 is 5.11 Å². The Balaban J connectivity index is 2.26. The molecule has 1 aromatic carbocycles. The lowest BCUT2D eigenvalue weighted by Crippen LogP contribution is -2.47. The predicted octanol–water partition coefficient (Wildman–Crippen LogP) is 2.74. The van der Waals surface area contributed by atoms with Crippen molar-refractivity contribution in [2.24, 2.45) is 5.92 Å². The van der Waals surface area contributed by atoms with Gasteiger partial charge in [-0.05, 0) is 18.9 Å². The first-order valence-corrected chi connectivity index (χ1v) is 8.71. The first kappa shape index (κ1) is 17.5. The number of carbonyl (C=O) groups excluding carboxylic acids is 1. The average molecular weight is 350 g/mol. The lowest BCUT2D eigenvalue weighted by atomic mass is 9.99. The summed E-state index contributed by atoms with van der Waals surface area (Å²) >= 11 is 5.61. The highest BCUT2D eigenvalue weighted by Gasteiger charge is 2.32. The van der Waals surface area contributed by atoms with Gasteiger partial charge in [-0.25, -0.2) is 9.78 Å². The molecule has 0 bridgehead atoms. The summed E-state index contributed by atoms with van der Waals surface area (Å²) < 4.78 is 0. The van der Waals surface area contributed by atoms with Gasteiger partial charge in [0.1, 0.15) is 11.9 Å². The third kappa shape index (κ3) is 4.33. The summed E-state index contributed by atoms with van der Waals surface area (Å²) in [5, 5.41) is 11.0. The Morgan fingerprint density at radius 1 is 1.35 bits per heavy atom. The van der Waals surface area contributed by atoms with Crippen LogP contribution >= 0.6 is 24.0 Å². The maximum Gasteiger partial charge on any atom is 0.326 e. The minimum atomic E-state index is -1.07. The number of anilines is 1. The number of carboxylic acid groups (broad SMARTS) is 1. The van der Waals surface area contributed by atoms with E-state index < -0.39 is 17.9 Å². The molecule has 2 unspecified atom stereocenters. The summed E-state index contributed by atoms with van der Waals surface area (Å²) in [7, 11) is 0. The second-order valence-corrected chi connectivity index (χ2v) is 6.22. The molecule has 23 heavy (non-hydrogen) atoms. The molecule has 0 aliphatic rings. The summed E-state index contributed by atoms with van der Waals surface area (Å²) in [4.78, 5) is 29.6. The van der Waals surface area contributed by atoms with Crippen LogP contribution in [0.15, 0.2) is 41.2 Å². The topological polar surface area (TPSA) is 70.5 Å². The van der Waals surface area contributed by atoms with Gasteiger partial charge in [-0.15, -0.1) is 11.3 Å². The van der Waals surface area contributed by atoms with Crippen LogP contribution in [0.1, 0.15) is 12.5 Å². The molecule has 5 nitrogen and oxygen atoms in total. The van der Waals surface area contributed by atoms with E-state index in [0.717, 1.165) is 5.56 Å². The summed E-state index contributed by atoms with van der Waals surface area (Å²) in [6.45, 7) is 1.48. The van der Waals surface area contributed by atoms with E-state index in [4.69, 9.17) is 0 Å². The molecule has 122 valence electrons.